The van der Waals surface area contributed by atoms with Crippen LogP contribution in [0.3, 0.4) is 0 Å². The lowest BCUT2D eigenvalue weighted by atomic mass is 10.1. The summed E-state index contributed by atoms with van der Waals surface area (Å²) in [6.45, 7) is 3.98. The molecule has 2 aromatic rings. The van der Waals surface area contributed by atoms with Crippen LogP contribution in [0.1, 0.15) is 48.4 Å². The highest BCUT2D eigenvalue weighted by Gasteiger charge is 2.32. The van der Waals surface area contributed by atoms with Crippen LogP contribution in [-0.4, -0.2) is 49.8 Å². The van der Waals surface area contributed by atoms with Crippen LogP contribution in [0.15, 0.2) is 24.3 Å². The van der Waals surface area contributed by atoms with Gasteiger partial charge in [0, 0.05) is 11.8 Å². The molecule has 8 nitrogen and oxygen atoms in total. The van der Waals surface area contributed by atoms with Crippen molar-refractivity contribution in [3.05, 3.63) is 35.7 Å². The number of rotatable bonds is 6. The van der Waals surface area contributed by atoms with E-state index in [0.717, 1.165) is 5.69 Å². The first-order valence-electron chi connectivity index (χ1n) is 9.07. The minimum Gasteiger partial charge on any atom is -0.497 e. The third-order valence-corrected chi connectivity index (χ3v) is 6.55. The SMILES string of the molecule is COc1ccc(OC)c(NC(=O)c2cc(C(C)C)n([C@@H]3CCS(=O)(=O)C3)n2)c1. The van der Waals surface area contributed by atoms with Crippen LogP contribution in [0.4, 0.5) is 5.69 Å². The van der Waals surface area contributed by atoms with Gasteiger partial charge in [0.15, 0.2) is 15.5 Å². The number of nitrogens with one attached hydrogen (secondary N) is 1. The molecule has 2 heterocycles. The zero-order chi connectivity index (χ0) is 20.5. The van der Waals surface area contributed by atoms with E-state index in [4.69, 9.17) is 9.47 Å². The molecule has 1 aliphatic rings. The second kappa shape index (κ2) is 7.83. The topological polar surface area (TPSA) is 99.5 Å². The van der Waals surface area contributed by atoms with E-state index in [-0.39, 0.29) is 29.2 Å². The predicted molar refractivity (Wildman–Crippen MR) is 106 cm³/mol. The van der Waals surface area contributed by atoms with Crippen molar-refractivity contribution < 1.29 is 22.7 Å². The Morgan fingerprint density at radius 2 is 2.00 bits per heavy atom. The molecule has 28 heavy (non-hydrogen) atoms. The fourth-order valence-electron chi connectivity index (χ4n) is 3.31. The maximum Gasteiger partial charge on any atom is 0.276 e. The number of hydrogen-bond donors (Lipinski definition) is 1. The van der Waals surface area contributed by atoms with Crippen LogP contribution in [0.25, 0.3) is 0 Å². The Bertz CT molecular complexity index is 981. The van der Waals surface area contributed by atoms with E-state index >= 15 is 0 Å². The highest BCUT2D eigenvalue weighted by molar-refractivity contribution is 7.91. The zero-order valence-corrected chi connectivity index (χ0v) is 17.2. The summed E-state index contributed by atoms with van der Waals surface area (Å²) in [5, 5.41) is 7.24. The van der Waals surface area contributed by atoms with E-state index in [2.05, 4.69) is 10.4 Å². The molecule has 0 radical (unpaired) electrons. The lowest BCUT2D eigenvalue weighted by molar-refractivity contribution is 0.102. The van der Waals surface area contributed by atoms with Crippen LogP contribution >= 0.6 is 0 Å². The van der Waals surface area contributed by atoms with Crippen LogP contribution in [0.5, 0.6) is 11.5 Å². The van der Waals surface area contributed by atoms with Crippen molar-refractivity contribution in [2.75, 3.05) is 31.0 Å². The fourth-order valence-corrected chi connectivity index (χ4v) is 5.00. The van der Waals surface area contributed by atoms with Gasteiger partial charge in [0.1, 0.15) is 11.5 Å². The van der Waals surface area contributed by atoms with Crippen LogP contribution in [-0.2, 0) is 9.84 Å². The molecular formula is C19H25N3O5S. The zero-order valence-electron chi connectivity index (χ0n) is 16.4. The van der Waals surface area contributed by atoms with E-state index < -0.39 is 15.7 Å². The molecule has 152 valence electrons. The summed E-state index contributed by atoms with van der Waals surface area (Å²) in [7, 11) is 0.00464. The molecular weight excluding hydrogens is 382 g/mol. The van der Waals surface area contributed by atoms with Gasteiger partial charge in [-0.15, -0.1) is 0 Å². The van der Waals surface area contributed by atoms with Crippen molar-refractivity contribution in [2.45, 2.75) is 32.2 Å². The predicted octanol–water partition coefficient (Wildman–Crippen LogP) is 2.64. The van der Waals surface area contributed by atoms with Crippen molar-refractivity contribution in [1.82, 2.24) is 9.78 Å². The molecule has 1 N–H and O–H groups in total. The van der Waals surface area contributed by atoms with Crippen molar-refractivity contribution >= 4 is 21.4 Å². The van der Waals surface area contributed by atoms with Crippen molar-refractivity contribution in [3.8, 4) is 11.5 Å². The molecule has 1 aromatic heterocycles. The van der Waals surface area contributed by atoms with Gasteiger partial charge in [-0.25, -0.2) is 8.42 Å². The molecule has 1 fully saturated rings. The molecule has 1 aliphatic heterocycles. The third-order valence-electron chi connectivity index (χ3n) is 4.80. The fraction of sp³-hybridized carbons (Fsp3) is 0.474. The quantitative estimate of drug-likeness (QED) is 0.790. The Morgan fingerprint density at radius 3 is 2.57 bits per heavy atom. The summed E-state index contributed by atoms with van der Waals surface area (Å²) in [5.74, 6) is 0.994. The Labute approximate surface area is 164 Å². The van der Waals surface area contributed by atoms with Crippen molar-refractivity contribution in [2.24, 2.45) is 0 Å². The Morgan fingerprint density at radius 1 is 1.25 bits per heavy atom. The normalized spacial score (nSPS) is 18.2. The van der Waals surface area contributed by atoms with E-state index in [0.29, 0.717) is 23.6 Å². The van der Waals surface area contributed by atoms with Crippen molar-refractivity contribution in [3.63, 3.8) is 0 Å². The minimum absolute atomic E-state index is 0.0547. The minimum atomic E-state index is -3.05. The number of anilines is 1. The van der Waals surface area contributed by atoms with Gasteiger partial charge in [0.25, 0.3) is 5.91 Å². The molecule has 0 unspecified atom stereocenters. The van der Waals surface area contributed by atoms with Gasteiger partial charge < -0.3 is 14.8 Å². The van der Waals surface area contributed by atoms with Gasteiger partial charge in [0.05, 0.1) is 37.5 Å². The number of hydrogen-bond acceptors (Lipinski definition) is 6. The summed E-state index contributed by atoms with van der Waals surface area (Å²) >= 11 is 0. The van der Waals surface area contributed by atoms with Gasteiger partial charge in [-0.1, -0.05) is 13.8 Å². The second-order valence-corrected chi connectivity index (χ2v) is 9.36. The summed E-state index contributed by atoms with van der Waals surface area (Å²) < 4.78 is 35.9. The average Bonchev–Trinajstić information content (AvgIpc) is 3.25. The number of benzene rings is 1. The van der Waals surface area contributed by atoms with Crippen LogP contribution in [0, 0.1) is 0 Å². The smallest absolute Gasteiger partial charge is 0.276 e. The molecule has 1 saturated heterocycles. The average molecular weight is 407 g/mol. The molecule has 0 bridgehead atoms. The van der Waals surface area contributed by atoms with Gasteiger partial charge in [-0.05, 0) is 30.5 Å². The Kier molecular flexibility index (Phi) is 5.64. The van der Waals surface area contributed by atoms with E-state index in [9.17, 15) is 13.2 Å². The van der Waals surface area contributed by atoms with E-state index in [1.165, 1.54) is 7.11 Å². The summed E-state index contributed by atoms with van der Waals surface area (Å²) in [6, 6.07) is 6.59. The first-order valence-corrected chi connectivity index (χ1v) is 10.9. The van der Waals surface area contributed by atoms with E-state index in [1.807, 2.05) is 13.8 Å². The standard InChI is InChI=1S/C19H25N3O5S/c1-12(2)17-10-16(21-22(17)13-7-8-28(24,25)11-13)19(23)20-15-9-14(26-3)5-6-18(15)27-4/h5-6,9-10,12-13H,7-8,11H2,1-4H3,(H,20,23)/t13-/m1/s1. The molecule has 1 amide bonds. The highest BCUT2D eigenvalue weighted by Crippen LogP contribution is 2.31. The molecule has 9 heteroatoms. The Balaban J connectivity index is 1.90. The maximum atomic E-state index is 12.8. The van der Waals surface area contributed by atoms with Gasteiger partial charge in [0.2, 0.25) is 0 Å². The summed E-state index contributed by atoms with van der Waals surface area (Å²) in [5.41, 5.74) is 1.54. The molecule has 0 spiro atoms. The third kappa shape index (κ3) is 4.14. The maximum absolute atomic E-state index is 12.8. The first-order chi connectivity index (χ1) is 13.2. The second-order valence-electron chi connectivity index (χ2n) is 7.13. The molecule has 3 rings (SSSR count). The number of ether oxygens (including phenoxy) is 2. The Hall–Kier alpha value is -2.55. The van der Waals surface area contributed by atoms with E-state index in [1.54, 1.807) is 36.1 Å². The van der Waals surface area contributed by atoms with Crippen LogP contribution in [0.2, 0.25) is 0 Å². The lowest BCUT2D eigenvalue weighted by Gasteiger charge is -2.15. The number of carbonyl (C=O) groups is 1. The molecule has 0 aliphatic carbocycles. The molecule has 1 atom stereocenters. The number of aromatic nitrogens is 2. The summed E-state index contributed by atoms with van der Waals surface area (Å²) in [6.07, 6.45) is 0.508. The number of amides is 1. The number of nitrogens with zero attached hydrogens (tertiary/aromatic N) is 2. The largest absolute Gasteiger partial charge is 0.497 e. The number of methoxy groups -OCH3 is 2. The van der Waals surface area contributed by atoms with Gasteiger partial charge in [-0.3, -0.25) is 9.48 Å². The summed E-state index contributed by atoms with van der Waals surface area (Å²) in [4.78, 5) is 12.8. The van der Waals surface area contributed by atoms with Gasteiger partial charge >= 0.3 is 0 Å². The lowest BCUT2D eigenvalue weighted by Crippen LogP contribution is -2.17. The van der Waals surface area contributed by atoms with Crippen molar-refractivity contribution in [1.29, 1.82) is 0 Å². The molecule has 0 saturated carbocycles. The van der Waals surface area contributed by atoms with Crippen LogP contribution < -0.4 is 14.8 Å². The van der Waals surface area contributed by atoms with Gasteiger partial charge in [-0.2, -0.15) is 5.10 Å². The highest BCUT2D eigenvalue weighted by atomic mass is 32.2. The number of carbonyl (C=O) groups excluding carboxylic acids is 1. The first kappa shape index (κ1) is 20.2. The molecule has 1 aromatic carbocycles. The number of sulfone groups is 1. The monoisotopic (exact) mass is 407 g/mol.